The number of nitrogens with one attached hydrogen (secondary N) is 1. The number of sulfonamides is 1. The zero-order chi connectivity index (χ0) is 26.1. The molecule has 196 valence electrons. The normalized spacial score (nSPS) is 22.7. The van der Waals surface area contributed by atoms with Crippen molar-refractivity contribution in [2.24, 2.45) is 5.41 Å². The van der Waals surface area contributed by atoms with Crippen molar-refractivity contribution >= 4 is 15.9 Å². The minimum absolute atomic E-state index is 0.00354. The molecule has 1 spiro atoms. The smallest absolute Gasteiger partial charge is 0.244 e. The van der Waals surface area contributed by atoms with Gasteiger partial charge in [-0.1, -0.05) is 6.07 Å². The van der Waals surface area contributed by atoms with Crippen LogP contribution in [0.1, 0.15) is 19.8 Å². The molecule has 0 saturated carbocycles. The van der Waals surface area contributed by atoms with Crippen LogP contribution in [-0.2, 0) is 14.8 Å². The highest BCUT2D eigenvalue weighted by Gasteiger charge is 2.38. The molecule has 1 unspecified atom stereocenters. The monoisotopic (exact) mass is 523 g/mol. The number of amides is 1. The van der Waals surface area contributed by atoms with Crippen molar-refractivity contribution in [3.8, 4) is 16.9 Å². The molecule has 0 radical (unpaired) electrons. The molecule has 2 aliphatic heterocycles. The Morgan fingerprint density at radius 2 is 1.89 bits per heavy atom. The first-order chi connectivity index (χ1) is 17.0. The molecule has 36 heavy (non-hydrogen) atoms. The lowest BCUT2D eigenvalue weighted by Crippen LogP contribution is -2.51. The highest BCUT2D eigenvalue weighted by atomic mass is 32.2. The van der Waals surface area contributed by atoms with Crippen LogP contribution >= 0.6 is 0 Å². The highest BCUT2D eigenvalue weighted by Crippen LogP contribution is 2.37. The average Bonchev–Trinajstić information content (AvgIpc) is 2.81. The molecule has 0 aromatic heterocycles. The number of carbonyl (C=O) groups excluding carboxylic acids is 1. The summed E-state index contributed by atoms with van der Waals surface area (Å²) >= 11 is 0. The first-order valence-corrected chi connectivity index (χ1v) is 13.3. The quantitative estimate of drug-likeness (QED) is 0.595. The van der Waals surface area contributed by atoms with Gasteiger partial charge < -0.3 is 19.6 Å². The number of carbonyl (C=O) groups is 1. The maximum atomic E-state index is 14.5. The number of likely N-dealkylation sites (N-methyl/N-ethyl adjacent to an activating group) is 1. The molecule has 2 N–H and O–H groups in total. The summed E-state index contributed by atoms with van der Waals surface area (Å²) in [5, 5.41) is 10.5. The van der Waals surface area contributed by atoms with E-state index in [9.17, 15) is 27.1 Å². The fourth-order valence-corrected chi connectivity index (χ4v) is 6.15. The summed E-state index contributed by atoms with van der Waals surface area (Å²) < 4.78 is 62.7. The van der Waals surface area contributed by atoms with Crippen molar-refractivity contribution < 1.29 is 31.8 Å². The minimum atomic E-state index is -4.06. The Morgan fingerprint density at radius 1 is 1.17 bits per heavy atom. The van der Waals surface area contributed by atoms with E-state index < -0.39 is 33.2 Å². The van der Waals surface area contributed by atoms with Crippen molar-refractivity contribution in [2.75, 3.05) is 46.4 Å². The van der Waals surface area contributed by atoms with Crippen LogP contribution in [0.3, 0.4) is 0 Å². The number of benzene rings is 2. The fraction of sp³-hybridized carbons (Fsp3) is 0.480. The number of rotatable bonds is 1. The molecule has 8 nitrogen and oxygen atoms in total. The van der Waals surface area contributed by atoms with E-state index in [4.69, 9.17) is 4.74 Å². The molecule has 2 aromatic carbocycles. The molecule has 1 amide bonds. The van der Waals surface area contributed by atoms with Crippen molar-refractivity contribution in [3.05, 3.63) is 48.0 Å². The number of hydrogen-bond acceptors (Lipinski definition) is 6. The van der Waals surface area contributed by atoms with E-state index in [0.29, 0.717) is 38.0 Å². The summed E-state index contributed by atoms with van der Waals surface area (Å²) in [7, 11) is -2.21. The van der Waals surface area contributed by atoms with E-state index in [-0.39, 0.29) is 41.8 Å². The van der Waals surface area contributed by atoms with E-state index in [1.807, 2.05) is 11.9 Å². The Balaban J connectivity index is 1.73. The maximum absolute atomic E-state index is 14.5. The first kappa shape index (κ1) is 26.5. The number of aliphatic hydroxyl groups excluding tert-OH is 1. The number of hydrogen-bond donors (Lipinski definition) is 2. The number of fused-ring (bicyclic) bond motifs is 1. The van der Waals surface area contributed by atoms with Gasteiger partial charge in [0.1, 0.15) is 22.3 Å². The maximum Gasteiger partial charge on any atom is 0.244 e. The molecule has 1 atom stereocenters. The summed E-state index contributed by atoms with van der Waals surface area (Å²) in [4.78, 5) is 15.4. The second kappa shape index (κ2) is 10.4. The Bertz CT molecular complexity index is 1230. The van der Waals surface area contributed by atoms with Crippen LogP contribution in [0, 0.1) is 17.0 Å². The molecule has 2 aliphatic rings. The van der Waals surface area contributed by atoms with Crippen LogP contribution in [0.4, 0.5) is 8.78 Å². The van der Waals surface area contributed by atoms with Gasteiger partial charge in [-0.25, -0.2) is 21.9 Å². The second-order valence-electron chi connectivity index (χ2n) is 9.78. The molecule has 2 heterocycles. The number of halogens is 2. The molecule has 1 saturated heterocycles. The Labute approximate surface area is 209 Å². The van der Waals surface area contributed by atoms with Crippen LogP contribution in [-0.4, -0.2) is 81.7 Å². The standard InChI is InChI=1S/C25H31F2N3O5S/c1-17(31)30-9-7-25(8-10-30)15-29(2)14-20(32)13-28-36(33,34)24-6-3-18(11-23(24)35-16-25)21-5-4-19(26)12-22(21)27/h3-6,11-12,20,28,32H,7-10,13-16H2,1-2H3. The summed E-state index contributed by atoms with van der Waals surface area (Å²) in [6.07, 6.45) is 0.342. The van der Waals surface area contributed by atoms with Crippen LogP contribution in [0.25, 0.3) is 11.1 Å². The molecule has 11 heteroatoms. The van der Waals surface area contributed by atoms with Crippen molar-refractivity contribution in [1.82, 2.24) is 14.5 Å². The van der Waals surface area contributed by atoms with Crippen LogP contribution < -0.4 is 9.46 Å². The lowest BCUT2D eigenvalue weighted by Gasteiger charge is -2.43. The topological polar surface area (TPSA) is 99.2 Å². The third-order valence-electron chi connectivity index (χ3n) is 6.92. The van der Waals surface area contributed by atoms with Gasteiger partial charge in [0, 0.05) is 56.7 Å². The predicted octanol–water partition coefficient (Wildman–Crippen LogP) is 2.22. The van der Waals surface area contributed by atoms with Crippen LogP contribution in [0.15, 0.2) is 41.3 Å². The number of ether oxygens (including phenoxy) is 1. The van der Waals surface area contributed by atoms with E-state index in [0.717, 1.165) is 12.1 Å². The van der Waals surface area contributed by atoms with Gasteiger partial charge in [0.15, 0.2) is 0 Å². The fourth-order valence-electron chi connectivity index (χ4n) is 4.95. The van der Waals surface area contributed by atoms with E-state index in [2.05, 4.69) is 4.72 Å². The largest absolute Gasteiger partial charge is 0.492 e. The lowest BCUT2D eigenvalue weighted by atomic mass is 9.78. The SMILES string of the molecule is CC(=O)N1CCC2(CC1)COc1cc(-c3ccc(F)cc3F)ccc1S(=O)(=O)NCC(O)CN(C)C2. The number of aliphatic hydroxyl groups is 1. The van der Waals surface area contributed by atoms with Gasteiger partial charge in [-0.05, 0) is 49.7 Å². The minimum Gasteiger partial charge on any atom is -0.492 e. The van der Waals surface area contributed by atoms with Crippen LogP contribution in [0.5, 0.6) is 5.75 Å². The van der Waals surface area contributed by atoms with Gasteiger partial charge in [-0.15, -0.1) is 0 Å². The Hall–Kier alpha value is -2.60. The summed E-state index contributed by atoms with van der Waals surface area (Å²) in [5.41, 5.74) is 0.0515. The summed E-state index contributed by atoms with van der Waals surface area (Å²) in [6, 6.07) is 7.39. The van der Waals surface area contributed by atoms with Crippen molar-refractivity contribution in [3.63, 3.8) is 0 Å². The molecule has 0 bridgehead atoms. The van der Waals surface area contributed by atoms with Gasteiger partial charge >= 0.3 is 0 Å². The summed E-state index contributed by atoms with van der Waals surface area (Å²) in [6.45, 7) is 3.43. The number of β-amino-alcohol motifs (C(OH)–C–C–N with tert-alkyl or cyclic N) is 1. The zero-order valence-electron chi connectivity index (χ0n) is 20.3. The highest BCUT2D eigenvalue weighted by molar-refractivity contribution is 7.89. The number of nitrogens with zero attached hydrogens (tertiary/aromatic N) is 2. The van der Waals surface area contributed by atoms with Gasteiger partial charge in [-0.2, -0.15) is 0 Å². The predicted molar refractivity (Wildman–Crippen MR) is 130 cm³/mol. The lowest BCUT2D eigenvalue weighted by molar-refractivity contribution is -0.131. The molecule has 1 fully saturated rings. The second-order valence-corrected chi connectivity index (χ2v) is 11.5. The van der Waals surface area contributed by atoms with Gasteiger partial charge in [0.25, 0.3) is 0 Å². The third-order valence-corrected chi connectivity index (χ3v) is 8.38. The molecule has 2 aromatic rings. The first-order valence-electron chi connectivity index (χ1n) is 11.8. The van der Waals surface area contributed by atoms with Crippen molar-refractivity contribution in [1.29, 1.82) is 0 Å². The summed E-state index contributed by atoms with van der Waals surface area (Å²) in [5.74, 6) is -1.46. The molecule has 4 rings (SSSR count). The number of likely N-dealkylation sites (tertiary alicyclic amines) is 1. The Morgan fingerprint density at radius 3 is 2.56 bits per heavy atom. The van der Waals surface area contributed by atoms with Crippen molar-refractivity contribution in [2.45, 2.75) is 30.8 Å². The molecular formula is C25H31F2N3O5S. The molecular weight excluding hydrogens is 492 g/mol. The van der Waals surface area contributed by atoms with E-state index >= 15 is 0 Å². The van der Waals surface area contributed by atoms with Gasteiger partial charge in [0.2, 0.25) is 15.9 Å². The number of piperidine rings is 1. The molecule has 0 aliphatic carbocycles. The Kier molecular flexibility index (Phi) is 7.65. The van der Waals surface area contributed by atoms with E-state index in [1.165, 1.54) is 31.2 Å². The van der Waals surface area contributed by atoms with Gasteiger partial charge in [-0.3, -0.25) is 4.79 Å². The average molecular weight is 524 g/mol. The third kappa shape index (κ3) is 5.86. The van der Waals surface area contributed by atoms with Gasteiger partial charge in [0.05, 0.1) is 12.7 Å². The van der Waals surface area contributed by atoms with E-state index in [1.54, 1.807) is 4.90 Å². The zero-order valence-corrected chi connectivity index (χ0v) is 21.2. The van der Waals surface area contributed by atoms with Crippen LogP contribution in [0.2, 0.25) is 0 Å².